The molecule has 0 unspecified atom stereocenters. The molecule has 0 amide bonds. The lowest BCUT2D eigenvalue weighted by molar-refractivity contribution is 0.356. The Hall–Kier alpha value is -3.81. The summed E-state index contributed by atoms with van der Waals surface area (Å²) >= 11 is 6.55. The number of nitrogens with one attached hydrogen (secondary N) is 2. The van der Waals surface area contributed by atoms with Gasteiger partial charge in [0.15, 0.2) is 17.1 Å². The third-order valence-electron chi connectivity index (χ3n) is 5.98. The zero-order chi connectivity index (χ0) is 24.4. The molecule has 0 saturated heterocycles. The SMILES string of the molecule is COc1cccc(CNCc2[nH]nc3nc(-c4ccccc4Cl)c4cc(OC)c(OC)cc4c23)c1. The molecule has 5 aromatic rings. The van der Waals surface area contributed by atoms with Crippen LogP contribution < -0.4 is 19.5 Å². The van der Waals surface area contributed by atoms with E-state index in [0.717, 1.165) is 44.4 Å². The highest BCUT2D eigenvalue weighted by Crippen LogP contribution is 2.41. The van der Waals surface area contributed by atoms with Crippen molar-refractivity contribution in [2.24, 2.45) is 0 Å². The number of rotatable bonds is 8. The van der Waals surface area contributed by atoms with E-state index < -0.39 is 0 Å². The molecule has 8 heteroatoms. The number of fused-ring (bicyclic) bond motifs is 3. The number of aromatic amines is 1. The predicted octanol–water partition coefficient (Wildman–Crippen LogP) is 5.75. The molecule has 5 rings (SSSR count). The maximum absolute atomic E-state index is 6.55. The van der Waals surface area contributed by atoms with Crippen molar-refractivity contribution in [1.29, 1.82) is 0 Å². The quantitative estimate of drug-likeness (QED) is 0.289. The van der Waals surface area contributed by atoms with E-state index in [-0.39, 0.29) is 0 Å². The molecule has 0 aliphatic rings. The van der Waals surface area contributed by atoms with Gasteiger partial charge in [-0.15, -0.1) is 0 Å². The lowest BCUT2D eigenvalue weighted by Crippen LogP contribution is -2.13. The fourth-order valence-electron chi connectivity index (χ4n) is 4.28. The van der Waals surface area contributed by atoms with Crippen LogP contribution in [0.1, 0.15) is 11.3 Å². The highest BCUT2D eigenvalue weighted by atomic mass is 35.5. The Morgan fingerprint density at radius 3 is 2.37 bits per heavy atom. The second kappa shape index (κ2) is 9.82. The molecule has 2 N–H and O–H groups in total. The Morgan fingerprint density at radius 1 is 0.857 bits per heavy atom. The van der Waals surface area contributed by atoms with Crippen molar-refractivity contribution in [3.05, 3.63) is 76.9 Å². The molecule has 0 saturated carbocycles. The minimum atomic E-state index is 0.574. The third-order valence-corrected chi connectivity index (χ3v) is 6.31. The second-order valence-electron chi connectivity index (χ2n) is 8.05. The first-order chi connectivity index (χ1) is 17.1. The standard InChI is InChI=1S/C27H25ClN4O3/c1-33-17-8-6-7-16(11-17)14-29-15-22-25-19-12-23(34-2)24(35-3)13-20(19)26(30-27(25)32-31-22)18-9-4-5-10-21(18)28/h4-13,29H,14-15H2,1-3H3,(H,30,31,32). The first-order valence-corrected chi connectivity index (χ1v) is 11.5. The monoisotopic (exact) mass is 488 g/mol. The van der Waals surface area contributed by atoms with E-state index in [9.17, 15) is 0 Å². The number of aromatic nitrogens is 3. The number of halogens is 1. The van der Waals surface area contributed by atoms with E-state index in [4.69, 9.17) is 30.8 Å². The molecule has 3 aromatic carbocycles. The summed E-state index contributed by atoms with van der Waals surface area (Å²) in [5, 5.41) is 14.6. The van der Waals surface area contributed by atoms with Gasteiger partial charge in [0.2, 0.25) is 0 Å². The minimum Gasteiger partial charge on any atom is -0.497 e. The third kappa shape index (κ3) is 4.36. The summed E-state index contributed by atoms with van der Waals surface area (Å²) < 4.78 is 16.5. The number of benzene rings is 3. The van der Waals surface area contributed by atoms with E-state index in [2.05, 4.69) is 21.6 Å². The van der Waals surface area contributed by atoms with Gasteiger partial charge in [-0.2, -0.15) is 5.10 Å². The molecule has 0 radical (unpaired) electrons. The van der Waals surface area contributed by atoms with Gasteiger partial charge in [-0.25, -0.2) is 4.98 Å². The molecular weight excluding hydrogens is 464 g/mol. The first kappa shape index (κ1) is 23.0. The van der Waals surface area contributed by atoms with Gasteiger partial charge < -0.3 is 19.5 Å². The fourth-order valence-corrected chi connectivity index (χ4v) is 4.50. The fraction of sp³-hybridized carbons (Fsp3) is 0.185. The lowest BCUT2D eigenvalue weighted by atomic mass is 10.00. The molecular formula is C27H25ClN4O3. The first-order valence-electron chi connectivity index (χ1n) is 11.1. The van der Waals surface area contributed by atoms with E-state index in [0.29, 0.717) is 35.3 Å². The smallest absolute Gasteiger partial charge is 0.182 e. The highest BCUT2D eigenvalue weighted by Gasteiger charge is 2.20. The van der Waals surface area contributed by atoms with Crippen LogP contribution in [0.3, 0.4) is 0 Å². The summed E-state index contributed by atoms with van der Waals surface area (Å²) in [5.41, 5.74) is 4.23. The Bertz CT molecular complexity index is 1520. The van der Waals surface area contributed by atoms with Crippen molar-refractivity contribution in [2.75, 3.05) is 21.3 Å². The highest BCUT2D eigenvalue weighted by molar-refractivity contribution is 6.33. The van der Waals surface area contributed by atoms with E-state index >= 15 is 0 Å². The van der Waals surface area contributed by atoms with Crippen LogP contribution in [0, 0.1) is 0 Å². The van der Waals surface area contributed by atoms with E-state index in [1.807, 2.05) is 54.6 Å². The number of H-pyrrole nitrogens is 1. The molecule has 0 bridgehead atoms. The van der Waals surface area contributed by atoms with Crippen LogP contribution in [0.25, 0.3) is 33.1 Å². The van der Waals surface area contributed by atoms with Crippen LogP contribution in [0.5, 0.6) is 17.2 Å². The van der Waals surface area contributed by atoms with Crippen molar-refractivity contribution >= 4 is 33.4 Å². The van der Waals surface area contributed by atoms with Gasteiger partial charge in [-0.05, 0) is 35.9 Å². The van der Waals surface area contributed by atoms with Crippen LogP contribution in [0.4, 0.5) is 0 Å². The number of hydrogen-bond acceptors (Lipinski definition) is 6. The van der Waals surface area contributed by atoms with Gasteiger partial charge in [0, 0.05) is 34.4 Å². The average Bonchev–Trinajstić information content (AvgIpc) is 3.30. The number of pyridine rings is 1. The average molecular weight is 489 g/mol. The number of ether oxygens (including phenoxy) is 3. The molecule has 178 valence electrons. The number of methoxy groups -OCH3 is 3. The van der Waals surface area contributed by atoms with Crippen LogP contribution in [-0.2, 0) is 13.1 Å². The Balaban J connectivity index is 1.61. The molecule has 0 atom stereocenters. The van der Waals surface area contributed by atoms with Crippen molar-refractivity contribution in [1.82, 2.24) is 20.5 Å². The molecule has 35 heavy (non-hydrogen) atoms. The normalized spacial score (nSPS) is 11.2. The zero-order valence-electron chi connectivity index (χ0n) is 19.7. The van der Waals surface area contributed by atoms with Crippen LogP contribution >= 0.6 is 11.6 Å². The Morgan fingerprint density at radius 2 is 1.63 bits per heavy atom. The van der Waals surface area contributed by atoms with E-state index in [1.165, 1.54) is 0 Å². The summed E-state index contributed by atoms with van der Waals surface area (Å²) in [6.07, 6.45) is 0. The van der Waals surface area contributed by atoms with Gasteiger partial charge in [0.05, 0.1) is 38.1 Å². The largest absolute Gasteiger partial charge is 0.497 e. The predicted molar refractivity (Wildman–Crippen MR) is 138 cm³/mol. The maximum Gasteiger partial charge on any atom is 0.182 e. The Kier molecular flexibility index (Phi) is 6.44. The second-order valence-corrected chi connectivity index (χ2v) is 8.46. The summed E-state index contributed by atoms with van der Waals surface area (Å²) in [4.78, 5) is 4.91. The lowest BCUT2D eigenvalue weighted by Gasteiger charge is -2.14. The van der Waals surface area contributed by atoms with Crippen molar-refractivity contribution < 1.29 is 14.2 Å². The molecule has 0 fully saturated rings. The van der Waals surface area contributed by atoms with Gasteiger partial charge in [0.25, 0.3) is 0 Å². The number of hydrogen-bond donors (Lipinski definition) is 2. The van der Waals surface area contributed by atoms with Crippen LogP contribution in [-0.4, -0.2) is 36.5 Å². The van der Waals surface area contributed by atoms with Gasteiger partial charge in [-0.3, -0.25) is 5.10 Å². The topological polar surface area (TPSA) is 81.3 Å². The summed E-state index contributed by atoms with van der Waals surface area (Å²) in [6, 6.07) is 19.6. The molecule has 0 aliphatic carbocycles. The molecule has 7 nitrogen and oxygen atoms in total. The van der Waals surface area contributed by atoms with E-state index in [1.54, 1.807) is 21.3 Å². The molecule has 0 aliphatic heterocycles. The summed E-state index contributed by atoms with van der Waals surface area (Å²) in [5.74, 6) is 2.09. The number of nitrogens with zero attached hydrogens (tertiary/aromatic N) is 2. The van der Waals surface area contributed by atoms with Crippen molar-refractivity contribution in [3.63, 3.8) is 0 Å². The van der Waals surface area contributed by atoms with Crippen LogP contribution in [0.15, 0.2) is 60.7 Å². The summed E-state index contributed by atoms with van der Waals surface area (Å²) in [7, 11) is 4.92. The van der Waals surface area contributed by atoms with Crippen molar-refractivity contribution in [3.8, 4) is 28.5 Å². The molecule has 0 spiro atoms. The van der Waals surface area contributed by atoms with Crippen LogP contribution in [0.2, 0.25) is 5.02 Å². The van der Waals surface area contributed by atoms with Gasteiger partial charge in [-0.1, -0.05) is 41.9 Å². The zero-order valence-corrected chi connectivity index (χ0v) is 20.4. The maximum atomic E-state index is 6.55. The van der Waals surface area contributed by atoms with Gasteiger partial charge in [0.1, 0.15) is 5.75 Å². The van der Waals surface area contributed by atoms with Crippen molar-refractivity contribution in [2.45, 2.75) is 13.1 Å². The summed E-state index contributed by atoms with van der Waals surface area (Å²) in [6.45, 7) is 1.25. The van der Waals surface area contributed by atoms with Gasteiger partial charge >= 0.3 is 0 Å². The minimum absolute atomic E-state index is 0.574. The molecule has 2 heterocycles. The molecule has 2 aromatic heterocycles. The Labute approximate surface area is 208 Å².